The van der Waals surface area contributed by atoms with Crippen molar-refractivity contribution in [3.05, 3.63) is 87.7 Å². The molecule has 1 fully saturated rings. The molecule has 0 bridgehead atoms. The van der Waals surface area contributed by atoms with Crippen LogP contribution in [-0.4, -0.2) is 50.8 Å². The lowest BCUT2D eigenvalue weighted by molar-refractivity contribution is 0.211. The fourth-order valence-electron chi connectivity index (χ4n) is 4.53. The van der Waals surface area contributed by atoms with Gasteiger partial charge in [-0.3, -0.25) is 4.90 Å². The van der Waals surface area contributed by atoms with E-state index < -0.39 is 0 Å². The number of fused-ring (bicyclic) bond motifs is 1. The normalized spacial score (nSPS) is 15.7. The number of nitrogens with zero attached hydrogens (tertiary/aromatic N) is 5. The van der Waals surface area contributed by atoms with Gasteiger partial charge in [-0.1, -0.05) is 39.4 Å². The van der Waals surface area contributed by atoms with Gasteiger partial charge >= 0.3 is 0 Å². The molecule has 0 unspecified atom stereocenters. The van der Waals surface area contributed by atoms with Gasteiger partial charge in [-0.25, -0.2) is 4.39 Å². The first-order chi connectivity index (χ1) is 17.1. The Kier molecular flexibility index (Phi) is 5.79. The molecule has 0 saturated carbocycles. The molecule has 35 heavy (non-hydrogen) atoms. The molecule has 0 amide bonds. The Bertz CT molecular complexity index is 1460. The Morgan fingerprint density at radius 2 is 1.83 bits per heavy atom. The van der Waals surface area contributed by atoms with Gasteiger partial charge in [0.1, 0.15) is 5.82 Å². The predicted molar refractivity (Wildman–Crippen MR) is 136 cm³/mol. The summed E-state index contributed by atoms with van der Waals surface area (Å²) in [5.74, 6) is 0.850. The molecule has 6 rings (SSSR count). The van der Waals surface area contributed by atoms with Crippen molar-refractivity contribution >= 4 is 37.9 Å². The highest BCUT2D eigenvalue weighted by atomic mass is 79.9. The minimum Gasteiger partial charge on any atom is -0.492 e. The first-order valence-electron chi connectivity index (χ1n) is 11.2. The first kappa shape index (κ1) is 22.3. The molecule has 1 aliphatic heterocycles. The number of rotatable bonds is 5. The number of thiazole rings is 1. The molecule has 178 valence electrons. The fourth-order valence-corrected chi connectivity index (χ4v) is 6.07. The van der Waals surface area contributed by atoms with Gasteiger partial charge in [-0.05, 0) is 54.1 Å². The van der Waals surface area contributed by atoms with Crippen molar-refractivity contribution in [2.45, 2.75) is 6.04 Å². The van der Waals surface area contributed by atoms with E-state index in [1.165, 1.54) is 28.0 Å². The molecule has 0 radical (unpaired) electrons. The Morgan fingerprint density at radius 3 is 2.51 bits per heavy atom. The summed E-state index contributed by atoms with van der Waals surface area (Å²) in [5, 5.41) is 15.7. The van der Waals surface area contributed by atoms with Crippen molar-refractivity contribution in [2.24, 2.45) is 0 Å². The van der Waals surface area contributed by atoms with Crippen LogP contribution in [0, 0.1) is 5.82 Å². The zero-order valence-corrected chi connectivity index (χ0v) is 20.9. The van der Waals surface area contributed by atoms with E-state index in [4.69, 9.17) is 4.42 Å². The van der Waals surface area contributed by atoms with Crippen molar-refractivity contribution in [3.8, 4) is 17.5 Å². The third kappa shape index (κ3) is 4.22. The number of hydrogen-bond donors (Lipinski definition) is 1. The van der Waals surface area contributed by atoms with E-state index in [0.717, 1.165) is 46.8 Å². The Balaban J connectivity index is 1.33. The van der Waals surface area contributed by atoms with Gasteiger partial charge in [0.25, 0.3) is 0 Å². The average molecular weight is 554 g/mol. The Morgan fingerprint density at radius 1 is 1.03 bits per heavy atom. The largest absolute Gasteiger partial charge is 0.492 e. The van der Waals surface area contributed by atoms with E-state index in [1.54, 1.807) is 18.4 Å². The quantitative estimate of drug-likeness (QED) is 0.307. The molecule has 1 saturated heterocycles. The molecule has 5 aromatic rings. The predicted octanol–water partition coefficient (Wildman–Crippen LogP) is 5.57. The van der Waals surface area contributed by atoms with Crippen LogP contribution in [0.15, 0.2) is 75.8 Å². The third-order valence-electron chi connectivity index (χ3n) is 6.23. The maximum Gasteiger partial charge on any atom is 0.230 e. The number of aromatic hydroxyl groups is 1. The summed E-state index contributed by atoms with van der Waals surface area (Å²) >= 11 is 5.02. The van der Waals surface area contributed by atoms with Gasteiger partial charge in [0.2, 0.25) is 16.7 Å². The molecule has 1 aliphatic rings. The Hall–Kier alpha value is -3.21. The van der Waals surface area contributed by atoms with Crippen LogP contribution in [0.3, 0.4) is 0 Å². The minimum absolute atomic E-state index is 0.0845. The second-order valence-electron chi connectivity index (χ2n) is 8.35. The summed E-state index contributed by atoms with van der Waals surface area (Å²) in [6.07, 6.45) is 1.57. The van der Waals surface area contributed by atoms with Gasteiger partial charge in [0.05, 0.1) is 17.2 Å². The molecule has 0 spiro atoms. The second kappa shape index (κ2) is 9.10. The molecular weight excluding hydrogens is 533 g/mol. The van der Waals surface area contributed by atoms with Gasteiger partial charge in [-0.15, -0.1) is 5.10 Å². The highest BCUT2D eigenvalue weighted by Crippen LogP contribution is 2.41. The van der Waals surface area contributed by atoms with Crippen LogP contribution in [0.1, 0.15) is 16.5 Å². The number of aromatic nitrogens is 3. The summed E-state index contributed by atoms with van der Waals surface area (Å²) in [6.45, 7) is 3.14. The lowest BCUT2D eigenvalue weighted by Gasteiger charge is -2.40. The molecule has 1 atom stereocenters. The number of piperazine rings is 1. The van der Waals surface area contributed by atoms with Crippen LogP contribution in [0.25, 0.3) is 16.5 Å². The standard InChI is InChI=1S/C25H21BrFN5O2S/c26-17-4-1-3-16(15-17)21(31-12-10-30(11-13-31)19-8-6-18(27)7-9-19)22-24(33)32-25(35-22)28-23(29-32)20-5-2-14-34-20/h1-9,14-15,21,33H,10-13H2/t21-/m1/s1. The Labute approximate surface area is 213 Å². The summed E-state index contributed by atoms with van der Waals surface area (Å²) in [6, 6.07) is 18.2. The van der Waals surface area contributed by atoms with Crippen LogP contribution in [-0.2, 0) is 0 Å². The van der Waals surface area contributed by atoms with Crippen molar-refractivity contribution in [3.63, 3.8) is 0 Å². The number of halogens is 2. The van der Waals surface area contributed by atoms with Crippen molar-refractivity contribution in [1.82, 2.24) is 19.5 Å². The van der Waals surface area contributed by atoms with E-state index in [2.05, 4.69) is 47.9 Å². The molecule has 3 aromatic heterocycles. The van der Waals surface area contributed by atoms with Gasteiger partial charge in [0, 0.05) is 36.3 Å². The highest BCUT2D eigenvalue weighted by Gasteiger charge is 2.32. The molecular formula is C25H21BrFN5O2S. The monoisotopic (exact) mass is 553 g/mol. The maximum absolute atomic E-state index is 13.4. The number of hydrogen-bond acceptors (Lipinski definition) is 7. The zero-order valence-electron chi connectivity index (χ0n) is 18.5. The highest BCUT2D eigenvalue weighted by molar-refractivity contribution is 9.10. The molecule has 7 nitrogen and oxygen atoms in total. The summed E-state index contributed by atoms with van der Waals surface area (Å²) < 4.78 is 21.2. The number of furan rings is 1. The van der Waals surface area contributed by atoms with Gasteiger partial charge in [0.15, 0.2) is 5.76 Å². The third-order valence-corrected chi connectivity index (χ3v) is 7.79. The number of anilines is 1. The van der Waals surface area contributed by atoms with Crippen molar-refractivity contribution in [2.75, 3.05) is 31.1 Å². The van der Waals surface area contributed by atoms with Crippen LogP contribution in [0.4, 0.5) is 10.1 Å². The van der Waals surface area contributed by atoms with E-state index in [1.807, 2.05) is 24.3 Å². The van der Waals surface area contributed by atoms with E-state index in [0.29, 0.717) is 16.5 Å². The summed E-state index contributed by atoms with van der Waals surface area (Å²) in [7, 11) is 0. The average Bonchev–Trinajstić information content (AvgIpc) is 3.60. The molecule has 1 N–H and O–H groups in total. The summed E-state index contributed by atoms with van der Waals surface area (Å²) in [4.78, 5) is 10.6. The molecule has 0 aliphatic carbocycles. The summed E-state index contributed by atoms with van der Waals surface area (Å²) in [5.41, 5.74) is 2.08. The molecule has 10 heteroatoms. The molecule has 4 heterocycles. The van der Waals surface area contributed by atoms with Crippen LogP contribution in [0.5, 0.6) is 5.88 Å². The first-order valence-corrected chi connectivity index (χ1v) is 12.8. The lowest BCUT2D eigenvalue weighted by atomic mass is 10.0. The fraction of sp³-hybridized carbons (Fsp3) is 0.200. The van der Waals surface area contributed by atoms with E-state index in [-0.39, 0.29) is 17.7 Å². The van der Waals surface area contributed by atoms with Crippen LogP contribution >= 0.6 is 27.3 Å². The van der Waals surface area contributed by atoms with E-state index >= 15 is 0 Å². The number of benzene rings is 2. The lowest BCUT2D eigenvalue weighted by Crippen LogP contribution is -2.47. The SMILES string of the molecule is Oc1c([C@@H](c2cccc(Br)c2)N2CCN(c3ccc(F)cc3)CC2)sc2nc(-c3ccco3)nn12. The maximum atomic E-state index is 13.4. The van der Waals surface area contributed by atoms with Crippen LogP contribution < -0.4 is 4.90 Å². The molecule has 2 aromatic carbocycles. The van der Waals surface area contributed by atoms with Gasteiger partial charge in [-0.2, -0.15) is 9.50 Å². The zero-order chi connectivity index (χ0) is 23.9. The van der Waals surface area contributed by atoms with E-state index in [9.17, 15) is 9.50 Å². The minimum atomic E-state index is -0.232. The van der Waals surface area contributed by atoms with Crippen molar-refractivity contribution < 1.29 is 13.9 Å². The van der Waals surface area contributed by atoms with Crippen molar-refractivity contribution in [1.29, 1.82) is 0 Å². The smallest absolute Gasteiger partial charge is 0.230 e. The van der Waals surface area contributed by atoms with Crippen LogP contribution in [0.2, 0.25) is 0 Å². The second-order valence-corrected chi connectivity index (χ2v) is 10.3. The van der Waals surface area contributed by atoms with Gasteiger partial charge < -0.3 is 14.4 Å². The topological polar surface area (TPSA) is 70.0 Å².